The minimum atomic E-state index is -0.0779. The summed E-state index contributed by atoms with van der Waals surface area (Å²) in [5.41, 5.74) is -0.0659. The predicted molar refractivity (Wildman–Crippen MR) is 61.7 cm³/mol. The van der Waals surface area contributed by atoms with Crippen molar-refractivity contribution in [2.45, 2.75) is 56.6 Å². The van der Waals surface area contributed by atoms with Crippen LogP contribution in [0.3, 0.4) is 0 Å². The third kappa shape index (κ3) is 2.44. The Morgan fingerprint density at radius 2 is 2.21 bits per heavy atom. The van der Waals surface area contributed by atoms with Crippen molar-refractivity contribution in [2.75, 3.05) is 12.3 Å². The Balaban J connectivity index is 1.90. The van der Waals surface area contributed by atoms with Crippen LogP contribution < -0.4 is 5.32 Å². The van der Waals surface area contributed by atoms with Crippen LogP contribution in [0.1, 0.15) is 40.0 Å². The van der Waals surface area contributed by atoms with Gasteiger partial charge < -0.3 is 4.74 Å². The van der Waals surface area contributed by atoms with Crippen LogP contribution in [-0.4, -0.2) is 28.9 Å². The lowest BCUT2D eigenvalue weighted by Gasteiger charge is -2.29. The van der Waals surface area contributed by atoms with E-state index in [1.807, 2.05) is 0 Å². The van der Waals surface area contributed by atoms with Crippen LogP contribution in [0.4, 0.5) is 0 Å². The quantitative estimate of drug-likeness (QED) is 0.764. The van der Waals surface area contributed by atoms with Gasteiger partial charge in [0.2, 0.25) is 0 Å². The molecule has 14 heavy (non-hydrogen) atoms. The molecule has 2 aliphatic heterocycles. The number of rotatable bonds is 2. The Morgan fingerprint density at radius 1 is 1.43 bits per heavy atom. The largest absolute Gasteiger partial charge is 0.354 e. The maximum absolute atomic E-state index is 6.07. The van der Waals surface area contributed by atoms with E-state index in [0.29, 0.717) is 0 Å². The van der Waals surface area contributed by atoms with Gasteiger partial charge >= 0.3 is 0 Å². The van der Waals surface area contributed by atoms with Crippen LogP contribution in [0.5, 0.6) is 0 Å². The van der Waals surface area contributed by atoms with Gasteiger partial charge in [0.15, 0.2) is 0 Å². The summed E-state index contributed by atoms with van der Waals surface area (Å²) in [7, 11) is 0. The average molecular weight is 215 g/mol. The van der Waals surface area contributed by atoms with E-state index < -0.39 is 0 Å². The molecule has 2 unspecified atom stereocenters. The second-order valence-electron chi connectivity index (χ2n) is 5.29. The topological polar surface area (TPSA) is 21.3 Å². The van der Waals surface area contributed by atoms with E-state index in [2.05, 4.69) is 37.8 Å². The molecule has 0 spiro atoms. The molecule has 0 aliphatic carbocycles. The summed E-state index contributed by atoms with van der Waals surface area (Å²) in [5.74, 6) is 1.34. The molecule has 2 rings (SSSR count). The van der Waals surface area contributed by atoms with Crippen molar-refractivity contribution >= 4 is 11.8 Å². The van der Waals surface area contributed by atoms with Crippen LogP contribution in [0.25, 0.3) is 0 Å². The fourth-order valence-electron chi connectivity index (χ4n) is 2.44. The maximum atomic E-state index is 6.07. The minimum Gasteiger partial charge on any atom is -0.354 e. The van der Waals surface area contributed by atoms with Gasteiger partial charge in [-0.1, -0.05) is 0 Å². The first-order valence-corrected chi connectivity index (χ1v) is 6.61. The van der Waals surface area contributed by atoms with E-state index in [0.717, 1.165) is 18.2 Å². The standard InChI is InChI=1S/C11H21NOS/c1-10(2)8-12-11(3,13-10)7-9-5-4-6-14-9/h9,12H,4-8H2,1-3H3. The van der Waals surface area contributed by atoms with Crippen molar-refractivity contribution in [2.24, 2.45) is 0 Å². The first-order chi connectivity index (χ1) is 6.49. The Labute approximate surface area is 91.2 Å². The van der Waals surface area contributed by atoms with Gasteiger partial charge in [-0.2, -0.15) is 11.8 Å². The smallest absolute Gasteiger partial charge is 0.118 e. The van der Waals surface area contributed by atoms with E-state index in [9.17, 15) is 0 Å². The normalized spacial score (nSPS) is 41.8. The van der Waals surface area contributed by atoms with Crippen LogP contribution in [-0.2, 0) is 4.74 Å². The first-order valence-electron chi connectivity index (χ1n) is 5.56. The van der Waals surface area contributed by atoms with Crippen molar-refractivity contribution in [3.63, 3.8) is 0 Å². The highest BCUT2D eigenvalue weighted by molar-refractivity contribution is 8.00. The van der Waals surface area contributed by atoms with Crippen LogP contribution in [0, 0.1) is 0 Å². The Kier molecular flexibility index (Phi) is 2.84. The number of hydrogen-bond acceptors (Lipinski definition) is 3. The monoisotopic (exact) mass is 215 g/mol. The van der Waals surface area contributed by atoms with Gasteiger partial charge in [-0.05, 0) is 39.4 Å². The van der Waals surface area contributed by atoms with Gasteiger partial charge in [-0.15, -0.1) is 0 Å². The van der Waals surface area contributed by atoms with Crippen LogP contribution in [0.15, 0.2) is 0 Å². The fraction of sp³-hybridized carbons (Fsp3) is 1.00. The number of ether oxygens (including phenoxy) is 1. The second-order valence-corrected chi connectivity index (χ2v) is 6.69. The molecular formula is C11H21NOS. The minimum absolute atomic E-state index is 0.0119. The Bertz CT molecular complexity index is 213. The van der Waals surface area contributed by atoms with E-state index in [-0.39, 0.29) is 11.3 Å². The van der Waals surface area contributed by atoms with Crippen molar-refractivity contribution < 1.29 is 4.74 Å². The highest BCUT2D eigenvalue weighted by Gasteiger charge is 2.41. The molecule has 82 valence electrons. The molecule has 0 bridgehead atoms. The number of thioether (sulfide) groups is 1. The molecule has 0 aromatic rings. The van der Waals surface area contributed by atoms with E-state index in [4.69, 9.17) is 4.74 Å². The molecule has 3 heteroatoms. The molecule has 0 radical (unpaired) electrons. The number of nitrogens with one attached hydrogen (secondary N) is 1. The Morgan fingerprint density at radius 3 is 2.71 bits per heavy atom. The molecule has 2 aliphatic rings. The summed E-state index contributed by atoms with van der Waals surface area (Å²) in [6.45, 7) is 7.49. The molecule has 0 aromatic carbocycles. The summed E-state index contributed by atoms with van der Waals surface area (Å²) in [6, 6.07) is 0. The molecule has 2 saturated heterocycles. The lowest BCUT2D eigenvalue weighted by atomic mass is 10.1. The second kappa shape index (κ2) is 3.69. The van der Waals surface area contributed by atoms with E-state index in [1.54, 1.807) is 0 Å². The van der Waals surface area contributed by atoms with Crippen molar-refractivity contribution in [1.29, 1.82) is 0 Å². The molecule has 2 nitrogen and oxygen atoms in total. The average Bonchev–Trinajstić information content (AvgIpc) is 2.60. The van der Waals surface area contributed by atoms with Crippen LogP contribution >= 0.6 is 11.8 Å². The lowest BCUT2D eigenvalue weighted by Crippen LogP contribution is -2.40. The van der Waals surface area contributed by atoms with Crippen molar-refractivity contribution in [3.05, 3.63) is 0 Å². The zero-order valence-corrected chi connectivity index (χ0v) is 10.2. The summed E-state index contributed by atoms with van der Waals surface area (Å²) in [4.78, 5) is 0. The number of hydrogen-bond donors (Lipinski definition) is 1. The van der Waals surface area contributed by atoms with Crippen LogP contribution in [0.2, 0.25) is 0 Å². The summed E-state index contributed by atoms with van der Waals surface area (Å²) in [6.07, 6.45) is 3.90. The molecule has 1 N–H and O–H groups in total. The van der Waals surface area contributed by atoms with Gasteiger partial charge in [0.25, 0.3) is 0 Å². The van der Waals surface area contributed by atoms with Crippen molar-refractivity contribution in [1.82, 2.24) is 5.32 Å². The van der Waals surface area contributed by atoms with Gasteiger partial charge in [0.1, 0.15) is 5.72 Å². The summed E-state index contributed by atoms with van der Waals surface area (Å²) < 4.78 is 6.07. The fourth-order valence-corrected chi connectivity index (χ4v) is 3.87. The van der Waals surface area contributed by atoms with Gasteiger partial charge in [0, 0.05) is 18.2 Å². The molecule has 0 saturated carbocycles. The van der Waals surface area contributed by atoms with Gasteiger partial charge in [-0.25, -0.2) is 0 Å². The van der Waals surface area contributed by atoms with Crippen molar-refractivity contribution in [3.8, 4) is 0 Å². The van der Waals surface area contributed by atoms with Gasteiger partial charge in [-0.3, -0.25) is 5.32 Å². The molecule has 2 heterocycles. The molecule has 2 atom stereocenters. The first kappa shape index (κ1) is 10.8. The predicted octanol–water partition coefficient (Wildman–Crippen LogP) is 2.39. The zero-order chi connectivity index (χ0) is 10.2. The van der Waals surface area contributed by atoms with E-state index in [1.165, 1.54) is 18.6 Å². The summed E-state index contributed by atoms with van der Waals surface area (Å²) in [5, 5.41) is 4.32. The highest BCUT2D eigenvalue weighted by Crippen LogP contribution is 2.36. The van der Waals surface area contributed by atoms with E-state index >= 15 is 0 Å². The molecule has 0 aromatic heterocycles. The SMILES string of the molecule is CC1(C)CNC(C)(CC2CCCS2)O1. The summed E-state index contributed by atoms with van der Waals surface area (Å²) >= 11 is 2.11. The molecular weight excluding hydrogens is 194 g/mol. The lowest BCUT2D eigenvalue weighted by molar-refractivity contribution is -0.0833. The highest BCUT2D eigenvalue weighted by atomic mass is 32.2. The Hall–Kier alpha value is 0.270. The molecule has 0 amide bonds. The van der Waals surface area contributed by atoms with Gasteiger partial charge in [0.05, 0.1) is 5.60 Å². The zero-order valence-electron chi connectivity index (χ0n) is 9.43. The maximum Gasteiger partial charge on any atom is 0.118 e. The third-order valence-electron chi connectivity index (χ3n) is 3.03. The third-order valence-corrected chi connectivity index (χ3v) is 4.43. The molecule has 2 fully saturated rings.